The van der Waals surface area contributed by atoms with Gasteiger partial charge in [-0.15, -0.1) is 0 Å². The van der Waals surface area contributed by atoms with E-state index in [9.17, 15) is 4.79 Å². The van der Waals surface area contributed by atoms with Gasteiger partial charge >= 0.3 is 0 Å². The maximum absolute atomic E-state index is 13.3. The lowest BCUT2D eigenvalue weighted by Gasteiger charge is -2.24. The van der Waals surface area contributed by atoms with Crippen LogP contribution in [0.2, 0.25) is 0 Å². The summed E-state index contributed by atoms with van der Waals surface area (Å²) in [4.78, 5) is 19.6. The number of pyridine rings is 1. The second-order valence-corrected chi connectivity index (χ2v) is 7.76. The van der Waals surface area contributed by atoms with Gasteiger partial charge in [0.05, 0.1) is 18.8 Å². The molecule has 0 unspecified atom stereocenters. The summed E-state index contributed by atoms with van der Waals surface area (Å²) in [5.74, 6) is 0.534. The third-order valence-electron chi connectivity index (χ3n) is 5.46. The average Bonchev–Trinajstić information content (AvgIpc) is 2.84. The summed E-state index contributed by atoms with van der Waals surface area (Å²) in [6.07, 6.45) is 4.29. The van der Waals surface area contributed by atoms with Crippen molar-refractivity contribution in [3.63, 3.8) is 0 Å². The fourth-order valence-electron chi connectivity index (χ4n) is 3.69. The Bertz CT molecular complexity index is 939. The van der Waals surface area contributed by atoms with Crippen molar-refractivity contribution in [2.75, 3.05) is 19.8 Å². The molecule has 0 saturated carbocycles. The van der Waals surface area contributed by atoms with Crippen molar-refractivity contribution in [1.29, 1.82) is 0 Å². The number of amides is 1. The molecule has 31 heavy (non-hydrogen) atoms. The van der Waals surface area contributed by atoms with Crippen molar-refractivity contribution >= 4 is 5.91 Å². The highest BCUT2D eigenvalue weighted by Crippen LogP contribution is 2.17. The molecule has 0 spiro atoms. The van der Waals surface area contributed by atoms with Gasteiger partial charge < -0.3 is 14.4 Å². The lowest BCUT2D eigenvalue weighted by atomic mass is 10.1. The lowest BCUT2D eigenvalue weighted by molar-refractivity contribution is 0.0237. The van der Waals surface area contributed by atoms with Gasteiger partial charge in [0.15, 0.2) is 0 Å². The van der Waals surface area contributed by atoms with Crippen LogP contribution >= 0.6 is 0 Å². The second-order valence-electron chi connectivity index (χ2n) is 7.76. The molecule has 0 atom stereocenters. The van der Waals surface area contributed by atoms with Gasteiger partial charge in [0.1, 0.15) is 6.10 Å². The van der Waals surface area contributed by atoms with Crippen LogP contribution in [0.3, 0.4) is 0 Å². The highest BCUT2D eigenvalue weighted by Gasteiger charge is 2.19. The van der Waals surface area contributed by atoms with E-state index in [1.54, 1.807) is 12.3 Å². The lowest BCUT2D eigenvalue weighted by Crippen LogP contribution is -2.32. The first-order chi connectivity index (χ1) is 15.3. The molecule has 2 heterocycles. The second kappa shape index (κ2) is 10.7. The van der Waals surface area contributed by atoms with E-state index in [4.69, 9.17) is 9.47 Å². The van der Waals surface area contributed by atoms with Crippen molar-refractivity contribution in [3.05, 3.63) is 95.7 Å². The minimum atomic E-state index is -0.0232. The van der Waals surface area contributed by atoms with Crippen LogP contribution in [0.15, 0.2) is 79.0 Å². The highest BCUT2D eigenvalue weighted by molar-refractivity contribution is 5.94. The van der Waals surface area contributed by atoms with Crippen molar-refractivity contribution < 1.29 is 14.3 Å². The van der Waals surface area contributed by atoms with Crippen molar-refractivity contribution in [1.82, 2.24) is 9.88 Å². The van der Waals surface area contributed by atoms with Crippen molar-refractivity contribution in [2.45, 2.75) is 31.9 Å². The molecule has 0 bridgehead atoms. The van der Waals surface area contributed by atoms with Gasteiger partial charge in [0.2, 0.25) is 5.88 Å². The molecule has 3 aromatic rings. The van der Waals surface area contributed by atoms with E-state index < -0.39 is 0 Å². The van der Waals surface area contributed by atoms with Crippen LogP contribution in [0.25, 0.3) is 0 Å². The third kappa shape index (κ3) is 6.15. The quantitative estimate of drug-likeness (QED) is 0.542. The van der Waals surface area contributed by atoms with Gasteiger partial charge in [0, 0.05) is 38.2 Å². The smallest absolute Gasteiger partial charge is 0.255 e. The van der Waals surface area contributed by atoms with Gasteiger partial charge in [-0.05, 0) is 23.6 Å². The summed E-state index contributed by atoms with van der Waals surface area (Å²) in [6, 6.07) is 23.9. The summed E-state index contributed by atoms with van der Waals surface area (Å²) in [7, 11) is 0. The Kier molecular flexibility index (Phi) is 7.29. The SMILES string of the molecule is O=C(c1ccc(OC2CCOCC2)nc1)N(CCc1ccccc1)Cc1ccccc1. The molecular weight excluding hydrogens is 388 g/mol. The normalized spacial score (nSPS) is 14.2. The predicted octanol–water partition coefficient (Wildman–Crippen LogP) is 4.52. The van der Waals surface area contributed by atoms with Gasteiger partial charge in [0.25, 0.3) is 5.91 Å². The van der Waals surface area contributed by atoms with Gasteiger partial charge in [-0.3, -0.25) is 4.79 Å². The number of aromatic nitrogens is 1. The van der Waals surface area contributed by atoms with Crippen LogP contribution in [0.1, 0.15) is 34.3 Å². The van der Waals surface area contributed by atoms with E-state index in [2.05, 4.69) is 17.1 Å². The minimum absolute atomic E-state index is 0.0232. The Hall–Kier alpha value is -3.18. The molecule has 1 saturated heterocycles. The Morgan fingerprint density at radius 1 is 0.935 bits per heavy atom. The number of ether oxygens (including phenoxy) is 2. The number of benzene rings is 2. The van der Waals surface area contributed by atoms with Crippen LogP contribution < -0.4 is 4.74 Å². The molecule has 0 N–H and O–H groups in total. The number of hydrogen-bond acceptors (Lipinski definition) is 4. The maximum atomic E-state index is 13.3. The van der Waals surface area contributed by atoms with Crippen LogP contribution in [-0.2, 0) is 17.7 Å². The molecule has 0 radical (unpaired) electrons. The summed E-state index contributed by atoms with van der Waals surface area (Å²) in [6.45, 7) is 2.64. The summed E-state index contributed by atoms with van der Waals surface area (Å²) in [5.41, 5.74) is 2.89. The van der Waals surface area contributed by atoms with Gasteiger partial charge in [-0.1, -0.05) is 60.7 Å². The average molecular weight is 417 g/mol. The van der Waals surface area contributed by atoms with Gasteiger partial charge in [-0.2, -0.15) is 0 Å². The number of hydrogen-bond donors (Lipinski definition) is 0. The zero-order chi connectivity index (χ0) is 21.3. The van der Waals surface area contributed by atoms with Crippen molar-refractivity contribution in [3.8, 4) is 5.88 Å². The largest absolute Gasteiger partial charge is 0.474 e. The molecule has 1 fully saturated rings. The Morgan fingerprint density at radius 3 is 2.26 bits per heavy atom. The van der Waals surface area contributed by atoms with E-state index in [1.807, 2.05) is 59.5 Å². The molecule has 5 heteroatoms. The fourth-order valence-corrected chi connectivity index (χ4v) is 3.69. The topological polar surface area (TPSA) is 51.7 Å². The summed E-state index contributed by atoms with van der Waals surface area (Å²) >= 11 is 0. The van der Waals surface area contributed by atoms with Crippen LogP contribution in [0.5, 0.6) is 5.88 Å². The molecule has 1 amide bonds. The summed E-state index contributed by atoms with van der Waals surface area (Å²) in [5, 5.41) is 0. The zero-order valence-corrected chi connectivity index (χ0v) is 17.7. The van der Waals surface area contributed by atoms with E-state index in [-0.39, 0.29) is 12.0 Å². The van der Waals surface area contributed by atoms with E-state index >= 15 is 0 Å². The standard InChI is InChI=1S/C26H28N2O3/c29-26(23-11-12-25(27-19-23)31-24-14-17-30-18-15-24)28(20-22-9-5-2-6-10-22)16-13-21-7-3-1-4-8-21/h1-12,19,24H,13-18,20H2. The number of nitrogens with zero attached hydrogens (tertiary/aromatic N) is 2. The fraction of sp³-hybridized carbons (Fsp3) is 0.308. The number of carbonyl (C=O) groups is 1. The predicted molar refractivity (Wildman–Crippen MR) is 120 cm³/mol. The first-order valence-corrected chi connectivity index (χ1v) is 10.9. The van der Waals surface area contributed by atoms with E-state index in [0.717, 1.165) is 38.0 Å². The zero-order valence-electron chi connectivity index (χ0n) is 17.7. The molecule has 0 aliphatic carbocycles. The summed E-state index contributed by atoms with van der Waals surface area (Å²) < 4.78 is 11.3. The van der Waals surface area contributed by atoms with Crippen LogP contribution in [0, 0.1) is 0 Å². The first kappa shape index (κ1) is 21.1. The van der Waals surface area contributed by atoms with Crippen molar-refractivity contribution in [2.24, 2.45) is 0 Å². The molecule has 160 valence electrons. The molecule has 1 aliphatic heterocycles. The monoisotopic (exact) mass is 416 g/mol. The Labute approximate surface area is 183 Å². The highest BCUT2D eigenvalue weighted by atomic mass is 16.5. The first-order valence-electron chi connectivity index (χ1n) is 10.9. The Morgan fingerprint density at radius 2 is 1.61 bits per heavy atom. The number of rotatable bonds is 8. The van der Waals surface area contributed by atoms with Crippen LogP contribution in [-0.4, -0.2) is 41.7 Å². The third-order valence-corrected chi connectivity index (χ3v) is 5.46. The Balaban J connectivity index is 1.44. The minimum Gasteiger partial charge on any atom is -0.474 e. The molecular formula is C26H28N2O3. The molecule has 1 aromatic heterocycles. The van der Waals surface area contributed by atoms with E-state index in [0.29, 0.717) is 24.5 Å². The molecule has 4 rings (SSSR count). The van der Waals surface area contributed by atoms with E-state index in [1.165, 1.54) is 5.56 Å². The maximum Gasteiger partial charge on any atom is 0.255 e. The van der Waals surface area contributed by atoms with Gasteiger partial charge in [-0.25, -0.2) is 4.98 Å². The molecule has 2 aromatic carbocycles. The molecule has 1 aliphatic rings. The van der Waals surface area contributed by atoms with Crippen LogP contribution in [0.4, 0.5) is 0 Å². The molecule has 5 nitrogen and oxygen atoms in total. The number of carbonyl (C=O) groups excluding carboxylic acids is 1.